The van der Waals surface area contributed by atoms with Gasteiger partial charge in [-0.05, 0) is 25.2 Å². The van der Waals surface area contributed by atoms with Crippen molar-refractivity contribution < 1.29 is 19.1 Å². The molecule has 0 amide bonds. The minimum Gasteiger partial charge on any atom is -0.469 e. The number of hydrogen-bond acceptors (Lipinski definition) is 8. The van der Waals surface area contributed by atoms with Crippen molar-refractivity contribution >= 4 is 37.2 Å². The van der Waals surface area contributed by atoms with Crippen LogP contribution in [0.15, 0.2) is 0 Å². The van der Waals surface area contributed by atoms with Gasteiger partial charge in [0.15, 0.2) is 0 Å². The Hall–Kier alpha value is -0.440. The van der Waals surface area contributed by atoms with Crippen molar-refractivity contribution in [3.8, 4) is 0 Å². The molecule has 8 heteroatoms. The number of thiol groups is 2. The number of carbonyl (C=O) groups excluding carboxylic acids is 2. The third-order valence-electron chi connectivity index (χ3n) is 3.94. The predicted molar refractivity (Wildman–Crippen MR) is 97.8 cm³/mol. The topological polar surface area (TPSA) is 105 Å². The molecule has 0 aromatic rings. The molecule has 1 saturated carbocycles. The van der Waals surface area contributed by atoms with Crippen molar-refractivity contribution in [1.82, 2.24) is 0 Å². The number of esters is 2. The molecule has 6 nitrogen and oxygen atoms in total. The molecule has 1 aliphatic carbocycles. The van der Waals surface area contributed by atoms with Crippen LogP contribution in [0.1, 0.15) is 32.1 Å². The second-order valence-electron chi connectivity index (χ2n) is 5.62. The molecule has 0 aromatic carbocycles. The van der Waals surface area contributed by atoms with Gasteiger partial charge in [-0.25, -0.2) is 0 Å². The highest BCUT2D eigenvalue weighted by atomic mass is 32.1. The average Bonchev–Trinajstić information content (AvgIpc) is 2.60. The minimum atomic E-state index is -0.263. The van der Waals surface area contributed by atoms with Gasteiger partial charge in [-0.15, -0.1) is 0 Å². The van der Waals surface area contributed by atoms with E-state index in [9.17, 15) is 9.59 Å². The molecular formula is C15H30N2O4S2. The van der Waals surface area contributed by atoms with Gasteiger partial charge in [0, 0.05) is 23.6 Å². The van der Waals surface area contributed by atoms with Crippen molar-refractivity contribution in [3.63, 3.8) is 0 Å². The zero-order valence-electron chi connectivity index (χ0n) is 13.9. The molecule has 0 saturated heterocycles. The Morgan fingerprint density at radius 2 is 1.78 bits per heavy atom. The standard InChI is InChI=1S/C10H19NO2S.C5H11NO2S/c1-13-10(12)8-4-2-3-7(5-8)9(14)6-11;1-8-5(7)2-4(9)3-6/h7-9,14H,2-6,11H2,1H3;4,9H,2-3,6H2,1H3. The lowest BCUT2D eigenvalue weighted by Crippen LogP contribution is -2.31. The van der Waals surface area contributed by atoms with Crippen molar-refractivity contribution in [2.45, 2.75) is 42.6 Å². The van der Waals surface area contributed by atoms with Crippen molar-refractivity contribution in [2.75, 3.05) is 27.3 Å². The van der Waals surface area contributed by atoms with E-state index in [0.29, 0.717) is 19.0 Å². The summed E-state index contributed by atoms with van der Waals surface area (Å²) < 4.78 is 9.14. The van der Waals surface area contributed by atoms with Crippen molar-refractivity contribution in [1.29, 1.82) is 0 Å². The molecule has 0 heterocycles. The van der Waals surface area contributed by atoms with Gasteiger partial charge >= 0.3 is 11.9 Å². The Labute approximate surface area is 149 Å². The highest BCUT2D eigenvalue weighted by Gasteiger charge is 2.30. The first-order valence-corrected chi connectivity index (χ1v) is 8.83. The second kappa shape index (κ2) is 12.9. The summed E-state index contributed by atoms with van der Waals surface area (Å²) in [5.41, 5.74) is 10.8. The highest BCUT2D eigenvalue weighted by molar-refractivity contribution is 7.81. The number of rotatable bonds is 6. The lowest BCUT2D eigenvalue weighted by molar-refractivity contribution is -0.147. The van der Waals surface area contributed by atoms with Crippen molar-refractivity contribution in [2.24, 2.45) is 23.3 Å². The minimum absolute atomic E-state index is 0.0694. The van der Waals surface area contributed by atoms with Gasteiger partial charge in [-0.1, -0.05) is 6.42 Å². The maximum atomic E-state index is 11.3. The van der Waals surface area contributed by atoms with Crippen LogP contribution in [-0.2, 0) is 19.1 Å². The summed E-state index contributed by atoms with van der Waals surface area (Å²) in [6.45, 7) is 0.986. The largest absolute Gasteiger partial charge is 0.469 e. The monoisotopic (exact) mass is 366 g/mol. The highest BCUT2D eigenvalue weighted by Crippen LogP contribution is 2.33. The number of methoxy groups -OCH3 is 2. The van der Waals surface area contributed by atoms with Crippen LogP contribution in [0.3, 0.4) is 0 Å². The van der Waals surface area contributed by atoms with Crippen LogP contribution >= 0.6 is 25.3 Å². The number of nitrogens with two attached hydrogens (primary N) is 2. The van der Waals surface area contributed by atoms with E-state index in [1.165, 1.54) is 14.2 Å². The third kappa shape index (κ3) is 9.44. The zero-order chi connectivity index (χ0) is 17.8. The quantitative estimate of drug-likeness (QED) is 0.413. The third-order valence-corrected chi connectivity index (χ3v) is 4.96. The van der Waals surface area contributed by atoms with E-state index < -0.39 is 0 Å². The van der Waals surface area contributed by atoms with E-state index in [4.69, 9.17) is 16.2 Å². The number of hydrogen-bond donors (Lipinski definition) is 4. The fraction of sp³-hybridized carbons (Fsp3) is 0.867. The summed E-state index contributed by atoms with van der Waals surface area (Å²) in [5, 5.41) is 0.153. The molecule has 0 aliphatic heterocycles. The number of ether oxygens (including phenoxy) is 2. The van der Waals surface area contributed by atoms with Crippen LogP contribution in [0.4, 0.5) is 0 Å². The molecule has 23 heavy (non-hydrogen) atoms. The molecule has 1 rings (SSSR count). The molecule has 4 N–H and O–H groups in total. The summed E-state index contributed by atoms with van der Waals surface area (Å²) in [4.78, 5) is 21.8. The predicted octanol–water partition coefficient (Wildman–Crippen LogP) is 1.03. The molecule has 0 spiro atoms. The Balaban J connectivity index is 0.000000468. The van der Waals surface area contributed by atoms with E-state index >= 15 is 0 Å². The van der Waals surface area contributed by atoms with Crippen LogP contribution in [0, 0.1) is 11.8 Å². The van der Waals surface area contributed by atoms with Crippen LogP contribution in [0.25, 0.3) is 0 Å². The summed E-state index contributed by atoms with van der Waals surface area (Å²) >= 11 is 8.43. The van der Waals surface area contributed by atoms with Crippen LogP contribution in [0.2, 0.25) is 0 Å². The van der Waals surface area contributed by atoms with E-state index in [1.54, 1.807) is 0 Å². The van der Waals surface area contributed by atoms with E-state index in [-0.39, 0.29) is 34.8 Å². The first-order chi connectivity index (χ1) is 10.9. The molecule has 1 aliphatic rings. The van der Waals surface area contributed by atoms with Gasteiger partial charge in [0.05, 0.1) is 26.6 Å². The van der Waals surface area contributed by atoms with Gasteiger partial charge in [-0.2, -0.15) is 25.3 Å². The molecule has 136 valence electrons. The van der Waals surface area contributed by atoms with Crippen molar-refractivity contribution in [3.05, 3.63) is 0 Å². The van der Waals surface area contributed by atoms with Gasteiger partial charge in [0.2, 0.25) is 0 Å². The van der Waals surface area contributed by atoms with E-state index in [0.717, 1.165) is 25.7 Å². The second-order valence-corrected chi connectivity index (χ2v) is 7.01. The molecule has 4 unspecified atom stereocenters. The summed E-state index contributed by atoms with van der Waals surface area (Å²) in [6, 6.07) is 0. The summed E-state index contributed by atoms with van der Waals surface area (Å²) in [7, 11) is 2.80. The Morgan fingerprint density at radius 1 is 1.13 bits per heavy atom. The molecule has 1 fully saturated rings. The summed E-state index contributed by atoms with van der Waals surface area (Å²) in [6.07, 6.45) is 4.35. The van der Waals surface area contributed by atoms with Gasteiger partial charge < -0.3 is 20.9 Å². The smallest absolute Gasteiger partial charge is 0.308 e. The fourth-order valence-electron chi connectivity index (χ4n) is 2.51. The Bertz CT molecular complexity index is 358. The van der Waals surface area contributed by atoms with Crippen LogP contribution in [0.5, 0.6) is 0 Å². The molecule has 0 aromatic heterocycles. The van der Waals surface area contributed by atoms with Crippen LogP contribution in [-0.4, -0.2) is 49.7 Å². The maximum Gasteiger partial charge on any atom is 0.308 e. The van der Waals surface area contributed by atoms with E-state index in [2.05, 4.69) is 30.0 Å². The molecule has 4 atom stereocenters. The number of carbonyl (C=O) groups is 2. The van der Waals surface area contributed by atoms with Gasteiger partial charge in [0.25, 0.3) is 0 Å². The van der Waals surface area contributed by atoms with Gasteiger partial charge in [-0.3, -0.25) is 9.59 Å². The Kier molecular flexibility index (Phi) is 12.7. The van der Waals surface area contributed by atoms with Gasteiger partial charge in [0.1, 0.15) is 0 Å². The summed E-state index contributed by atoms with van der Waals surface area (Å²) in [5.74, 6) is 0.203. The maximum absolute atomic E-state index is 11.3. The average molecular weight is 367 g/mol. The van der Waals surface area contributed by atoms with E-state index in [1.807, 2.05) is 0 Å². The normalized spacial score (nSPS) is 23.0. The first kappa shape index (κ1) is 22.6. The lowest BCUT2D eigenvalue weighted by Gasteiger charge is -2.30. The lowest BCUT2D eigenvalue weighted by atomic mass is 9.79. The molecule has 0 bridgehead atoms. The fourth-order valence-corrected chi connectivity index (χ4v) is 2.93. The SMILES string of the molecule is COC(=O)C1CCCC(C(S)CN)C1.COC(=O)CC(S)CN. The Morgan fingerprint density at radius 3 is 2.26 bits per heavy atom. The molecule has 0 radical (unpaired) electrons. The first-order valence-electron chi connectivity index (χ1n) is 7.80. The van der Waals surface area contributed by atoms with Crippen LogP contribution < -0.4 is 11.5 Å². The molecular weight excluding hydrogens is 336 g/mol. The zero-order valence-corrected chi connectivity index (χ0v) is 15.7.